The number of aryl methyl sites for hydroxylation is 1. The van der Waals surface area contributed by atoms with Crippen LogP contribution in [0.1, 0.15) is 24.5 Å². The van der Waals surface area contributed by atoms with Crippen LogP contribution < -0.4 is 0 Å². The Balaban J connectivity index is 1.71. The highest BCUT2D eigenvalue weighted by molar-refractivity contribution is 7.86. The molecule has 1 amide bonds. The zero-order chi connectivity index (χ0) is 22.4. The zero-order valence-electron chi connectivity index (χ0n) is 17.4. The molecule has 2 atom stereocenters. The van der Waals surface area contributed by atoms with Gasteiger partial charge in [0.15, 0.2) is 0 Å². The molecule has 0 bridgehead atoms. The summed E-state index contributed by atoms with van der Waals surface area (Å²) in [5.74, 6) is -0.627. The van der Waals surface area contributed by atoms with Crippen LogP contribution in [0.15, 0.2) is 59.5 Å². The number of benzene rings is 2. The molecular formula is C22H25NO7S. The van der Waals surface area contributed by atoms with Gasteiger partial charge in [-0.2, -0.15) is 8.42 Å². The fourth-order valence-electron chi connectivity index (χ4n) is 3.27. The lowest BCUT2D eigenvalue weighted by Crippen LogP contribution is -2.41. The van der Waals surface area contributed by atoms with E-state index in [0.717, 1.165) is 16.0 Å². The highest BCUT2D eigenvalue weighted by atomic mass is 32.2. The Morgan fingerprint density at radius 2 is 1.71 bits per heavy atom. The number of rotatable bonds is 7. The average Bonchev–Trinajstić information content (AvgIpc) is 3.16. The second-order valence-corrected chi connectivity index (χ2v) is 8.75. The van der Waals surface area contributed by atoms with Crippen LogP contribution in [0.4, 0.5) is 4.79 Å². The summed E-state index contributed by atoms with van der Waals surface area (Å²) in [5, 5.41) is 0. The molecule has 0 N–H and O–H groups in total. The number of carbonyl (C=O) groups is 2. The normalized spacial score (nSPS) is 18.6. The summed E-state index contributed by atoms with van der Waals surface area (Å²) in [5.41, 5.74) is 1.70. The molecule has 1 saturated heterocycles. The van der Waals surface area contributed by atoms with Crippen molar-refractivity contribution in [3.63, 3.8) is 0 Å². The molecule has 1 aliphatic heterocycles. The number of carbonyl (C=O) groups excluding carboxylic acids is 2. The van der Waals surface area contributed by atoms with E-state index in [1.165, 1.54) is 12.1 Å². The molecule has 1 fully saturated rings. The van der Waals surface area contributed by atoms with Crippen LogP contribution in [0, 0.1) is 6.92 Å². The van der Waals surface area contributed by atoms with Crippen molar-refractivity contribution in [3.05, 3.63) is 65.7 Å². The number of hydrogen-bond donors (Lipinski definition) is 0. The molecule has 2 aromatic rings. The summed E-state index contributed by atoms with van der Waals surface area (Å²) in [6, 6.07) is 14.4. The summed E-state index contributed by atoms with van der Waals surface area (Å²) in [6.45, 7) is 3.55. The lowest BCUT2D eigenvalue weighted by Gasteiger charge is -2.22. The van der Waals surface area contributed by atoms with Crippen LogP contribution >= 0.6 is 0 Å². The van der Waals surface area contributed by atoms with Crippen LogP contribution in [0.3, 0.4) is 0 Å². The zero-order valence-corrected chi connectivity index (χ0v) is 18.2. The van der Waals surface area contributed by atoms with E-state index in [4.69, 9.17) is 13.7 Å². The maximum absolute atomic E-state index is 12.6. The lowest BCUT2D eigenvalue weighted by molar-refractivity contribution is -0.148. The van der Waals surface area contributed by atoms with Gasteiger partial charge in [0.25, 0.3) is 10.1 Å². The fraction of sp³-hybridized carbons (Fsp3) is 0.364. The number of amides is 1. The highest BCUT2D eigenvalue weighted by Gasteiger charge is 2.43. The van der Waals surface area contributed by atoms with Gasteiger partial charge in [0, 0.05) is 6.42 Å². The fourth-order valence-corrected chi connectivity index (χ4v) is 4.35. The van der Waals surface area contributed by atoms with E-state index in [1.807, 2.05) is 25.1 Å². The minimum absolute atomic E-state index is 0.00956. The highest BCUT2D eigenvalue weighted by Crippen LogP contribution is 2.26. The molecule has 0 spiro atoms. The van der Waals surface area contributed by atoms with Gasteiger partial charge in [-0.3, -0.25) is 9.08 Å². The van der Waals surface area contributed by atoms with Crippen LogP contribution in [0.5, 0.6) is 0 Å². The monoisotopic (exact) mass is 447 g/mol. The van der Waals surface area contributed by atoms with Crippen molar-refractivity contribution in [1.29, 1.82) is 0 Å². The molecule has 0 radical (unpaired) electrons. The summed E-state index contributed by atoms with van der Waals surface area (Å²) < 4.78 is 40.9. The second-order valence-electron chi connectivity index (χ2n) is 7.18. The van der Waals surface area contributed by atoms with Gasteiger partial charge in [0.2, 0.25) is 0 Å². The van der Waals surface area contributed by atoms with Crippen molar-refractivity contribution < 1.29 is 31.7 Å². The maximum Gasteiger partial charge on any atom is 0.410 e. The van der Waals surface area contributed by atoms with Gasteiger partial charge in [0.1, 0.15) is 12.6 Å². The van der Waals surface area contributed by atoms with Crippen LogP contribution in [0.25, 0.3) is 0 Å². The molecule has 1 heterocycles. The van der Waals surface area contributed by atoms with E-state index in [-0.39, 0.29) is 31.1 Å². The molecular weight excluding hydrogens is 422 g/mol. The first-order chi connectivity index (χ1) is 14.8. The first kappa shape index (κ1) is 22.8. The summed E-state index contributed by atoms with van der Waals surface area (Å²) in [7, 11) is -4.06. The standard InChI is InChI=1S/C22H25NO7S/c1-3-28-21(24)20-13-18(30-31(26,27)19-11-9-16(2)10-12-19)14-23(20)22(25)29-15-17-7-5-4-6-8-17/h4-12,18,20H,3,13-15H2,1-2H3/t18-,20+/m0/s1. The second kappa shape index (κ2) is 9.93. The predicted molar refractivity (Wildman–Crippen MR) is 112 cm³/mol. The molecule has 0 saturated carbocycles. The Labute approximate surface area is 181 Å². The predicted octanol–water partition coefficient (Wildman–Crippen LogP) is 3.04. The Bertz CT molecular complexity index is 1010. The number of nitrogens with zero attached hydrogens (tertiary/aromatic N) is 1. The van der Waals surface area contributed by atoms with Crippen molar-refractivity contribution >= 4 is 22.2 Å². The van der Waals surface area contributed by atoms with Crippen LogP contribution in [-0.2, 0) is 35.2 Å². The third kappa shape index (κ3) is 5.83. The minimum atomic E-state index is -4.06. The van der Waals surface area contributed by atoms with Gasteiger partial charge in [0.05, 0.1) is 24.2 Å². The molecule has 3 rings (SSSR count). The molecule has 1 aliphatic rings. The van der Waals surface area contributed by atoms with Crippen molar-refractivity contribution in [2.24, 2.45) is 0 Å². The third-order valence-electron chi connectivity index (χ3n) is 4.83. The van der Waals surface area contributed by atoms with Gasteiger partial charge in [-0.1, -0.05) is 48.0 Å². The minimum Gasteiger partial charge on any atom is -0.464 e. The van der Waals surface area contributed by atoms with Gasteiger partial charge in [-0.05, 0) is 31.5 Å². The SMILES string of the molecule is CCOC(=O)[C@H]1C[C@H](OS(=O)(=O)c2ccc(C)cc2)CN1C(=O)OCc1ccccc1. The largest absolute Gasteiger partial charge is 0.464 e. The van der Waals surface area contributed by atoms with E-state index in [9.17, 15) is 18.0 Å². The molecule has 2 aromatic carbocycles. The first-order valence-corrected chi connectivity index (χ1v) is 11.3. The average molecular weight is 448 g/mol. The topological polar surface area (TPSA) is 99.2 Å². The van der Waals surface area contributed by atoms with Crippen LogP contribution in [0.2, 0.25) is 0 Å². The van der Waals surface area contributed by atoms with E-state index in [2.05, 4.69) is 0 Å². The molecule has 9 heteroatoms. The molecule has 31 heavy (non-hydrogen) atoms. The Morgan fingerprint density at radius 3 is 2.35 bits per heavy atom. The van der Waals surface area contributed by atoms with Crippen molar-refractivity contribution in [1.82, 2.24) is 4.90 Å². The summed E-state index contributed by atoms with van der Waals surface area (Å²) >= 11 is 0. The van der Waals surface area contributed by atoms with Gasteiger partial charge < -0.3 is 9.47 Å². The first-order valence-electron chi connectivity index (χ1n) is 9.94. The maximum atomic E-state index is 12.6. The van der Waals surface area contributed by atoms with Gasteiger partial charge >= 0.3 is 12.1 Å². The van der Waals surface area contributed by atoms with E-state index in [0.29, 0.717) is 0 Å². The van der Waals surface area contributed by atoms with E-state index < -0.39 is 34.3 Å². The molecule has 0 aliphatic carbocycles. The molecule has 166 valence electrons. The van der Waals surface area contributed by atoms with Crippen molar-refractivity contribution in [3.8, 4) is 0 Å². The van der Waals surface area contributed by atoms with Gasteiger partial charge in [-0.25, -0.2) is 9.59 Å². The Hall–Kier alpha value is -2.91. The Morgan fingerprint density at radius 1 is 1.03 bits per heavy atom. The number of likely N-dealkylation sites (tertiary alicyclic amines) is 1. The number of ether oxygens (including phenoxy) is 2. The molecule has 0 unspecified atom stereocenters. The lowest BCUT2D eigenvalue weighted by atomic mass is 10.2. The summed E-state index contributed by atoms with van der Waals surface area (Å²) in [4.78, 5) is 26.2. The van der Waals surface area contributed by atoms with Crippen molar-refractivity contribution in [2.75, 3.05) is 13.2 Å². The smallest absolute Gasteiger partial charge is 0.410 e. The number of hydrogen-bond acceptors (Lipinski definition) is 7. The van der Waals surface area contributed by atoms with E-state index >= 15 is 0 Å². The molecule has 0 aromatic heterocycles. The van der Waals surface area contributed by atoms with Crippen LogP contribution in [-0.4, -0.2) is 50.7 Å². The van der Waals surface area contributed by atoms with E-state index in [1.54, 1.807) is 31.2 Å². The number of esters is 1. The quantitative estimate of drug-likeness (QED) is 0.475. The van der Waals surface area contributed by atoms with Gasteiger partial charge in [-0.15, -0.1) is 0 Å². The Kier molecular flexibility index (Phi) is 7.29. The molecule has 8 nitrogen and oxygen atoms in total. The summed E-state index contributed by atoms with van der Waals surface area (Å²) in [6.07, 6.45) is -1.64. The third-order valence-corrected chi connectivity index (χ3v) is 6.21. The van der Waals surface area contributed by atoms with Crippen molar-refractivity contribution in [2.45, 2.75) is 43.9 Å².